The number of nitrogens with one attached hydrogen (secondary N) is 2. The van der Waals surface area contributed by atoms with Crippen LogP contribution in [0.2, 0.25) is 0 Å². The second kappa shape index (κ2) is 7.02. The molecule has 0 saturated heterocycles. The van der Waals surface area contributed by atoms with E-state index in [0.29, 0.717) is 17.4 Å². The molecule has 0 spiro atoms. The van der Waals surface area contributed by atoms with Gasteiger partial charge in [0.1, 0.15) is 23.3 Å². The van der Waals surface area contributed by atoms with Crippen LogP contribution in [0.3, 0.4) is 0 Å². The lowest BCUT2D eigenvalue weighted by molar-refractivity contribution is 0.413. The molecule has 0 bridgehead atoms. The minimum atomic E-state index is 0.665. The molecule has 9 heteroatoms. The average molecular weight is 422 g/mol. The number of pyridine rings is 2. The highest BCUT2D eigenvalue weighted by atomic mass is 16.5. The van der Waals surface area contributed by atoms with Gasteiger partial charge in [-0.3, -0.25) is 14.6 Å². The maximum atomic E-state index is 5.32. The zero-order valence-corrected chi connectivity index (χ0v) is 17.4. The summed E-state index contributed by atoms with van der Waals surface area (Å²) in [6, 6.07) is 9.98. The van der Waals surface area contributed by atoms with Gasteiger partial charge in [0, 0.05) is 29.5 Å². The summed E-state index contributed by atoms with van der Waals surface area (Å²) in [4.78, 5) is 21.3. The van der Waals surface area contributed by atoms with Crippen molar-refractivity contribution in [2.45, 2.75) is 6.92 Å². The Morgan fingerprint density at radius 1 is 1.00 bits per heavy atom. The topological polar surface area (TPSA) is 110 Å². The Morgan fingerprint density at radius 2 is 1.94 bits per heavy atom. The maximum absolute atomic E-state index is 5.32. The highest BCUT2D eigenvalue weighted by molar-refractivity contribution is 5.96. The number of benzene rings is 1. The molecule has 0 unspecified atom stereocenters. The van der Waals surface area contributed by atoms with Crippen molar-refractivity contribution in [2.75, 3.05) is 7.11 Å². The average Bonchev–Trinajstić information content (AvgIpc) is 3.55. The van der Waals surface area contributed by atoms with Crippen LogP contribution >= 0.6 is 0 Å². The van der Waals surface area contributed by atoms with Crippen LogP contribution in [0.5, 0.6) is 5.75 Å². The maximum Gasteiger partial charge on any atom is 0.166 e. The van der Waals surface area contributed by atoms with E-state index in [9.17, 15) is 0 Å². The van der Waals surface area contributed by atoms with Gasteiger partial charge in [-0.25, -0.2) is 15.0 Å². The largest absolute Gasteiger partial charge is 0.495 e. The summed E-state index contributed by atoms with van der Waals surface area (Å²) in [5.74, 6) is 2.09. The monoisotopic (exact) mass is 422 g/mol. The number of imidazole rings is 2. The second-order valence-corrected chi connectivity index (χ2v) is 7.48. The molecule has 0 radical (unpaired) electrons. The van der Waals surface area contributed by atoms with E-state index in [0.717, 1.165) is 44.5 Å². The molecule has 0 aliphatic rings. The van der Waals surface area contributed by atoms with Gasteiger partial charge in [-0.05, 0) is 36.8 Å². The van der Waals surface area contributed by atoms with Crippen molar-refractivity contribution in [3.05, 3.63) is 67.1 Å². The molecule has 9 nitrogen and oxygen atoms in total. The molecule has 0 aliphatic carbocycles. The molecule has 5 aromatic heterocycles. The van der Waals surface area contributed by atoms with Gasteiger partial charge in [0.05, 0.1) is 30.0 Å². The van der Waals surface area contributed by atoms with Gasteiger partial charge < -0.3 is 9.72 Å². The quantitative estimate of drug-likeness (QED) is 0.443. The summed E-state index contributed by atoms with van der Waals surface area (Å²) in [7, 11) is 1.63. The van der Waals surface area contributed by atoms with Crippen molar-refractivity contribution >= 4 is 21.9 Å². The lowest BCUT2D eigenvalue weighted by Crippen LogP contribution is -1.95. The van der Waals surface area contributed by atoms with E-state index in [-0.39, 0.29) is 0 Å². The number of aromatic amines is 2. The predicted molar refractivity (Wildman–Crippen MR) is 121 cm³/mol. The molecule has 2 N–H and O–H groups in total. The van der Waals surface area contributed by atoms with E-state index < -0.39 is 0 Å². The van der Waals surface area contributed by atoms with E-state index in [1.54, 1.807) is 25.8 Å². The fourth-order valence-corrected chi connectivity index (χ4v) is 3.82. The summed E-state index contributed by atoms with van der Waals surface area (Å²) in [5.41, 5.74) is 6.18. The smallest absolute Gasteiger partial charge is 0.166 e. The molecule has 156 valence electrons. The zero-order chi connectivity index (χ0) is 21.7. The SMILES string of the molecule is COc1cncc(-c2ccc3[nH]nc(-c4nc5c(-n6cnc(C)c6)nccc5[nH]4)c3c2)c1. The lowest BCUT2D eigenvalue weighted by atomic mass is 10.0. The van der Waals surface area contributed by atoms with Crippen molar-refractivity contribution in [3.63, 3.8) is 0 Å². The molecule has 0 aliphatic heterocycles. The molecule has 0 atom stereocenters. The fraction of sp³-hybridized carbons (Fsp3) is 0.0870. The lowest BCUT2D eigenvalue weighted by Gasteiger charge is -2.04. The first-order valence-electron chi connectivity index (χ1n) is 10.0. The molecule has 6 aromatic rings. The first kappa shape index (κ1) is 18.3. The van der Waals surface area contributed by atoms with Crippen molar-refractivity contribution in [3.8, 4) is 34.2 Å². The number of ether oxygens (including phenoxy) is 1. The van der Waals surface area contributed by atoms with Crippen molar-refractivity contribution in [1.29, 1.82) is 0 Å². The van der Waals surface area contributed by atoms with Crippen molar-refractivity contribution in [1.82, 2.24) is 39.7 Å². The summed E-state index contributed by atoms with van der Waals surface area (Å²) in [6.07, 6.45) is 8.92. The van der Waals surface area contributed by atoms with Crippen LogP contribution in [0, 0.1) is 6.92 Å². The molecular formula is C23H18N8O. The highest BCUT2D eigenvalue weighted by Gasteiger charge is 2.16. The van der Waals surface area contributed by atoms with E-state index in [2.05, 4.69) is 36.2 Å². The molecule has 1 aromatic carbocycles. The van der Waals surface area contributed by atoms with Gasteiger partial charge >= 0.3 is 0 Å². The van der Waals surface area contributed by atoms with Crippen LogP contribution in [0.15, 0.2) is 61.4 Å². The normalized spacial score (nSPS) is 11.4. The molecule has 32 heavy (non-hydrogen) atoms. The fourth-order valence-electron chi connectivity index (χ4n) is 3.82. The minimum Gasteiger partial charge on any atom is -0.495 e. The Balaban J connectivity index is 1.49. The minimum absolute atomic E-state index is 0.665. The number of aryl methyl sites for hydroxylation is 1. The van der Waals surface area contributed by atoms with Gasteiger partial charge in [-0.1, -0.05) is 6.07 Å². The van der Waals surface area contributed by atoms with Crippen LogP contribution in [0.4, 0.5) is 0 Å². The Labute approximate surface area is 182 Å². The van der Waals surface area contributed by atoms with Crippen LogP contribution in [-0.2, 0) is 0 Å². The predicted octanol–water partition coefficient (Wildman–Crippen LogP) is 4.07. The van der Waals surface area contributed by atoms with Gasteiger partial charge in [0.2, 0.25) is 0 Å². The number of rotatable bonds is 4. The number of fused-ring (bicyclic) bond motifs is 2. The number of aromatic nitrogens is 8. The molecular weight excluding hydrogens is 404 g/mol. The second-order valence-electron chi connectivity index (χ2n) is 7.48. The molecule has 6 rings (SSSR count). The summed E-state index contributed by atoms with van der Waals surface area (Å²) < 4.78 is 7.19. The van der Waals surface area contributed by atoms with Crippen LogP contribution < -0.4 is 4.74 Å². The number of nitrogens with zero attached hydrogens (tertiary/aromatic N) is 6. The van der Waals surface area contributed by atoms with Gasteiger partial charge in [0.15, 0.2) is 11.6 Å². The van der Waals surface area contributed by atoms with Gasteiger partial charge in [-0.15, -0.1) is 0 Å². The number of hydrogen-bond donors (Lipinski definition) is 2. The van der Waals surface area contributed by atoms with Crippen molar-refractivity contribution < 1.29 is 4.74 Å². The molecule has 0 fully saturated rings. The van der Waals surface area contributed by atoms with Gasteiger partial charge in [-0.2, -0.15) is 5.10 Å². The Bertz CT molecular complexity index is 1590. The van der Waals surface area contributed by atoms with Crippen LogP contribution in [-0.4, -0.2) is 46.8 Å². The van der Waals surface area contributed by atoms with Crippen molar-refractivity contribution in [2.24, 2.45) is 0 Å². The number of methoxy groups -OCH3 is 1. The first-order valence-corrected chi connectivity index (χ1v) is 10.0. The van der Waals surface area contributed by atoms with E-state index in [4.69, 9.17) is 9.72 Å². The van der Waals surface area contributed by atoms with Gasteiger partial charge in [0.25, 0.3) is 0 Å². The number of hydrogen-bond acceptors (Lipinski definition) is 6. The van der Waals surface area contributed by atoms with Crippen LogP contribution in [0.1, 0.15) is 5.69 Å². The summed E-state index contributed by atoms with van der Waals surface area (Å²) in [5, 5.41) is 8.59. The summed E-state index contributed by atoms with van der Waals surface area (Å²) in [6.45, 7) is 1.94. The standard InChI is InChI=1S/C23H18N8O/c1-13-11-31(12-26-13)23-21-19(5-6-25-23)27-22(28-21)20-17-8-14(3-4-18(17)29-30-20)15-7-16(32-2)10-24-9-15/h3-12H,1-2H3,(H,27,28)(H,29,30). The third-order valence-corrected chi connectivity index (χ3v) is 5.41. The third-order valence-electron chi connectivity index (χ3n) is 5.41. The zero-order valence-electron chi connectivity index (χ0n) is 17.4. The third kappa shape index (κ3) is 2.90. The summed E-state index contributed by atoms with van der Waals surface area (Å²) >= 11 is 0. The first-order chi connectivity index (χ1) is 15.7. The Morgan fingerprint density at radius 3 is 2.78 bits per heavy atom. The van der Waals surface area contributed by atoms with Crippen LogP contribution in [0.25, 0.3) is 50.4 Å². The van der Waals surface area contributed by atoms with E-state index in [1.807, 2.05) is 48.1 Å². The Hall–Kier alpha value is -4.53. The molecule has 0 saturated carbocycles. The highest BCUT2D eigenvalue weighted by Crippen LogP contribution is 2.31. The van der Waals surface area contributed by atoms with E-state index in [1.165, 1.54) is 0 Å². The molecule has 0 amide bonds. The Kier molecular flexibility index (Phi) is 4.00. The van der Waals surface area contributed by atoms with E-state index >= 15 is 0 Å². The molecule has 5 heterocycles. The number of H-pyrrole nitrogens is 2.